The highest BCUT2D eigenvalue weighted by Gasteiger charge is 2.06. The van der Waals surface area contributed by atoms with E-state index in [-0.39, 0.29) is 10.6 Å². The summed E-state index contributed by atoms with van der Waals surface area (Å²) < 4.78 is 30.1. The summed E-state index contributed by atoms with van der Waals surface area (Å²) in [6.07, 6.45) is 2.18. The normalized spacial score (nSPS) is 10.7. The number of hydrogen-bond donors (Lipinski definition) is 0. The number of carbonyl (C=O) groups excluding carboxylic acids is 1. The molecule has 80 valence electrons. The van der Waals surface area contributed by atoms with Crippen LogP contribution in [0.25, 0.3) is 6.08 Å². The fourth-order valence-corrected chi connectivity index (χ4v) is 1.06. The van der Waals surface area contributed by atoms with E-state index in [4.69, 9.17) is 11.6 Å². The number of ether oxygens (including phenoxy) is 1. The van der Waals surface area contributed by atoms with Crippen LogP contribution < -0.4 is 0 Å². The van der Waals surface area contributed by atoms with E-state index in [0.717, 1.165) is 18.2 Å². The molecule has 0 N–H and O–H groups in total. The zero-order valence-corrected chi connectivity index (χ0v) is 8.52. The van der Waals surface area contributed by atoms with Gasteiger partial charge in [-0.3, -0.25) is 0 Å². The Balaban J connectivity index is 3.00. The van der Waals surface area contributed by atoms with E-state index in [1.807, 2.05) is 0 Å². The minimum atomic E-state index is -0.843. The molecule has 1 aromatic rings. The maximum atomic E-state index is 13.1. The highest BCUT2D eigenvalue weighted by molar-refractivity contribution is 6.30. The van der Waals surface area contributed by atoms with E-state index in [0.29, 0.717) is 6.07 Å². The standard InChI is InChI=1S/C10H7ClF2O2/c1-15-10(14)3-2-6-4-7(11)9(13)5-8(6)12/h2-5H,1H3. The summed E-state index contributed by atoms with van der Waals surface area (Å²) in [6.45, 7) is 0. The topological polar surface area (TPSA) is 26.3 Å². The van der Waals surface area contributed by atoms with Crippen molar-refractivity contribution in [1.82, 2.24) is 0 Å². The van der Waals surface area contributed by atoms with Crippen LogP contribution in [-0.2, 0) is 9.53 Å². The van der Waals surface area contributed by atoms with Crippen molar-refractivity contribution in [2.75, 3.05) is 7.11 Å². The van der Waals surface area contributed by atoms with Gasteiger partial charge in [0.2, 0.25) is 0 Å². The minimum Gasteiger partial charge on any atom is -0.466 e. The van der Waals surface area contributed by atoms with Crippen LogP contribution in [0.4, 0.5) is 8.78 Å². The SMILES string of the molecule is COC(=O)C=Cc1cc(Cl)c(F)cc1F. The van der Waals surface area contributed by atoms with E-state index in [9.17, 15) is 13.6 Å². The van der Waals surface area contributed by atoms with Gasteiger partial charge in [0, 0.05) is 17.7 Å². The van der Waals surface area contributed by atoms with Gasteiger partial charge in [0.1, 0.15) is 11.6 Å². The van der Waals surface area contributed by atoms with Crippen molar-refractivity contribution in [2.24, 2.45) is 0 Å². The van der Waals surface area contributed by atoms with Gasteiger partial charge in [-0.05, 0) is 12.1 Å². The van der Waals surface area contributed by atoms with Crippen LogP contribution in [0, 0.1) is 11.6 Å². The predicted octanol–water partition coefficient (Wildman–Crippen LogP) is 2.80. The number of esters is 1. The lowest BCUT2D eigenvalue weighted by Crippen LogP contribution is -1.94. The monoisotopic (exact) mass is 232 g/mol. The predicted molar refractivity (Wildman–Crippen MR) is 52.4 cm³/mol. The van der Waals surface area contributed by atoms with Crippen molar-refractivity contribution in [3.05, 3.63) is 40.4 Å². The Labute approximate surface area is 90.1 Å². The molecular formula is C10H7ClF2O2. The maximum absolute atomic E-state index is 13.1. The first kappa shape index (κ1) is 11.7. The quantitative estimate of drug-likeness (QED) is 0.445. The van der Waals surface area contributed by atoms with Gasteiger partial charge in [0.15, 0.2) is 0 Å². The van der Waals surface area contributed by atoms with Crippen LogP contribution in [0.1, 0.15) is 5.56 Å². The molecule has 15 heavy (non-hydrogen) atoms. The smallest absolute Gasteiger partial charge is 0.330 e. The average molecular weight is 233 g/mol. The number of rotatable bonds is 2. The zero-order valence-electron chi connectivity index (χ0n) is 7.76. The van der Waals surface area contributed by atoms with E-state index < -0.39 is 17.6 Å². The van der Waals surface area contributed by atoms with Gasteiger partial charge in [-0.25, -0.2) is 13.6 Å². The molecule has 0 fully saturated rings. The second-order valence-electron chi connectivity index (χ2n) is 2.64. The Hall–Kier alpha value is -1.42. The molecule has 0 aliphatic heterocycles. The summed E-state index contributed by atoms with van der Waals surface area (Å²) >= 11 is 5.44. The Bertz CT molecular complexity index is 416. The Morgan fingerprint density at radius 3 is 2.67 bits per heavy atom. The molecule has 0 amide bonds. The first-order valence-corrected chi connectivity index (χ1v) is 4.33. The Morgan fingerprint density at radius 2 is 2.07 bits per heavy atom. The fraction of sp³-hybridized carbons (Fsp3) is 0.100. The maximum Gasteiger partial charge on any atom is 0.330 e. The summed E-state index contributed by atoms with van der Waals surface area (Å²) in [7, 11) is 1.20. The highest BCUT2D eigenvalue weighted by Crippen LogP contribution is 2.20. The van der Waals surface area contributed by atoms with Crippen LogP contribution >= 0.6 is 11.6 Å². The lowest BCUT2D eigenvalue weighted by molar-refractivity contribution is -0.134. The average Bonchev–Trinajstić information content (AvgIpc) is 2.21. The minimum absolute atomic E-state index is 0.0202. The van der Waals surface area contributed by atoms with Crippen molar-refractivity contribution in [3.63, 3.8) is 0 Å². The molecule has 0 bridgehead atoms. The number of carbonyl (C=O) groups is 1. The van der Waals surface area contributed by atoms with Crippen LogP contribution in [0.2, 0.25) is 5.02 Å². The number of benzene rings is 1. The number of methoxy groups -OCH3 is 1. The molecule has 0 saturated heterocycles. The molecule has 5 heteroatoms. The summed E-state index contributed by atoms with van der Waals surface area (Å²) in [5.41, 5.74) is 0.0202. The van der Waals surface area contributed by atoms with Gasteiger partial charge in [0.05, 0.1) is 12.1 Å². The lowest BCUT2D eigenvalue weighted by atomic mass is 10.2. The largest absolute Gasteiger partial charge is 0.466 e. The summed E-state index contributed by atoms with van der Waals surface area (Å²) in [6, 6.07) is 1.74. The van der Waals surface area contributed by atoms with Crippen LogP contribution in [0.5, 0.6) is 0 Å². The first-order chi connectivity index (χ1) is 7.04. The number of halogens is 3. The first-order valence-electron chi connectivity index (χ1n) is 3.95. The van der Waals surface area contributed by atoms with Crippen molar-refractivity contribution >= 4 is 23.6 Å². The highest BCUT2D eigenvalue weighted by atomic mass is 35.5. The second-order valence-corrected chi connectivity index (χ2v) is 3.05. The van der Waals surface area contributed by atoms with Crippen LogP contribution in [-0.4, -0.2) is 13.1 Å². The Morgan fingerprint density at radius 1 is 1.40 bits per heavy atom. The molecule has 2 nitrogen and oxygen atoms in total. The van der Waals surface area contributed by atoms with E-state index in [1.165, 1.54) is 7.11 Å². The molecule has 0 aliphatic rings. The van der Waals surface area contributed by atoms with Gasteiger partial charge in [0.25, 0.3) is 0 Å². The van der Waals surface area contributed by atoms with Gasteiger partial charge in [-0.15, -0.1) is 0 Å². The van der Waals surface area contributed by atoms with Crippen molar-refractivity contribution in [1.29, 1.82) is 0 Å². The molecule has 0 atom stereocenters. The summed E-state index contributed by atoms with van der Waals surface area (Å²) in [4.78, 5) is 10.7. The van der Waals surface area contributed by atoms with Crippen LogP contribution in [0.3, 0.4) is 0 Å². The molecule has 1 rings (SSSR count). The third-order valence-electron chi connectivity index (χ3n) is 1.64. The van der Waals surface area contributed by atoms with Gasteiger partial charge in [-0.1, -0.05) is 11.6 Å². The Kier molecular flexibility index (Phi) is 3.80. The molecule has 0 spiro atoms. The van der Waals surface area contributed by atoms with Gasteiger partial charge in [-0.2, -0.15) is 0 Å². The summed E-state index contributed by atoms with van der Waals surface area (Å²) in [5.74, 6) is -2.27. The fourth-order valence-electron chi connectivity index (χ4n) is 0.892. The second kappa shape index (κ2) is 4.89. The molecule has 0 aliphatic carbocycles. The third kappa shape index (κ3) is 3.02. The van der Waals surface area contributed by atoms with Crippen molar-refractivity contribution in [3.8, 4) is 0 Å². The molecule has 0 aromatic heterocycles. The molecular weight excluding hydrogens is 226 g/mol. The molecule has 1 aromatic carbocycles. The molecule has 0 radical (unpaired) electrons. The van der Waals surface area contributed by atoms with Crippen molar-refractivity contribution < 1.29 is 18.3 Å². The lowest BCUT2D eigenvalue weighted by Gasteiger charge is -1.99. The zero-order chi connectivity index (χ0) is 11.4. The number of hydrogen-bond acceptors (Lipinski definition) is 2. The molecule has 0 heterocycles. The third-order valence-corrected chi connectivity index (χ3v) is 1.93. The molecule has 0 unspecified atom stereocenters. The van der Waals surface area contributed by atoms with Gasteiger partial charge >= 0.3 is 5.97 Å². The van der Waals surface area contributed by atoms with E-state index >= 15 is 0 Å². The molecule has 0 saturated carbocycles. The van der Waals surface area contributed by atoms with Crippen molar-refractivity contribution in [2.45, 2.75) is 0 Å². The van der Waals surface area contributed by atoms with E-state index in [1.54, 1.807) is 0 Å². The van der Waals surface area contributed by atoms with Gasteiger partial charge < -0.3 is 4.74 Å². The summed E-state index contributed by atoms with van der Waals surface area (Å²) in [5, 5.41) is -0.207. The van der Waals surface area contributed by atoms with Crippen LogP contribution in [0.15, 0.2) is 18.2 Å². The van der Waals surface area contributed by atoms with E-state index in [2.05, 4.69) is 4.74 Å².